The Morgan fingerprint density at radius 1 is 1.21 bits per heavy atom. The van der Waals surface area contributed by atoms with Crippen LogP contribution in [0.4, 0.5) is 10.1 Å². The van der Waals surface area contributed by atoms with Gasteiger partial charge in [-0.25, -0.2) is 9.37 Å². The van der Waals surface area contributed by atoms with Crippen LogP contribution in [0.5, 0.6) is 0 Å². The lowest BCUT2D eigenvalue weighted by Gasteiger charge is -2.31. The van der Waals surface area contributed by atoms with E-state index in [2.05, 4.69) is 6.07 Å². The van der Waals surface area contributed by atoms with Gasteiger partial charge in [0.25, 0.3) is 5.78 Å². The Morgan fingerprint density at radius 2 is 2.07 bits per heavy atom. The Kier molecular flexibility index (Phi) is 4.21. The van der Waals surface area contributed by atoms with E-state index in [9.17, 15) is 14.0 Å². The number of nitrogens with one attached hydrogen (secondary N) is 1. The van der Waals surface area contributed by atoms with Crippen LogP contribution >= 0.6 is 11.3 Å². The molecule has 142 valence electrons. The monoisotopic (exact) mass is 396 g/mol. The summed E-state index contributed by atoms with van der Waals surface area (Å²) in [5.41, 5.74) is 1.72. The van der Waals surface area contributed by atoms with Crippen LogP contribution in [0.15, 0.2) is 42.5 Å². The van der Waals surface area contributed by atoms with Crippen molar-refractivity contribution in [3.63, 3.8) is 0 Å². The van der Waals surface area contributed by atoms with Gasteiger partial charge in [0, 0.05) is 0 Å². The maximum absolute atomic E-state index is 13.7. The molecule has 3 aromatic rings. The number of halogens is 1. The highest BCUT2D eigenvalue weighted by molar-refractivity contribution is 7.18. The fourth-order valence-electron chi connectivity index (χ4n) is 4.22. The van der Waals surface area contributed by atoms with E-state index in [4.69, 9.17) is 4.98 Å². The minimum Gasteiger partial charge on any atom is -0.317 e. The molecule has 0 radical (unpaired) electrons. The summed E-state index contributed by atoms with van der Waals surface area (Å²) in [6, 6.07) is 12.1. The molecule has 0 aliphatic carbocycles. The van der Waals surface area contributed by atoms with Gasteiger partial charge in [0.1, 0.15) is 10.8 Å². The molecule has 2 aliphatic rings. The molecule has 1 unspecified atom stereocenters. The number of fused-ring (bicyclic) bond motifs is 2. The second-order valence-electron chi connectivity index (χ2n) is 7.44. The number of amides is 1. The number of rotatable bonds is 3. The van der Waals surface area contributed by atoms with Crippen LogP contribution in [0.2, 0.25) is 0 Å². The number of benzene rings is 2. The van der Waals surface area contributed by atoms with E-state index in [0.29, 0.717) is 23.8 Å². The Bertz CT molecular complexity index is 1060. The molecule has 3 heterocycles. The number of para-hydroxylation sites is 1. The molecule has 1 aromatic heterocycles. The normalized spacial score (nSPS) is 22.1. The molecule has 1 amide bonds. The van der Waals surface area contributed by atoms with E-state index >= 15 is 0 Å². The number of anilines is 1. The first-order chi connectivity index (χ1) is 13.6. The number of nitrogens with zero attached hydrogens (tertiary/aromatic N) is 2. The third kappa shape index (κ3) is 2.91. The molecule has 0 spiro atoms. The zero-order valence-corrected chi connectivity index (χ0v) is 16.0. The van der Waals surface area contributed by atoms with Crippen molar-refractivity contribution < 1.29 is 18.9 Å². The Hall–Kier alpha value is -2.64. The molecular formula is C21H19FN3O2S+. The number of hydrogen-bond donors (Lipinski definition) is 1. The summed E-state index contributed by atoms with van der Waals surface area (Å²) in [4.78, 5) is 32.1. The van der Waals surface area contributed by atoms with Crippen LogP contribution in [-0.4, -0.2) is 36.4 Å². The third-order valence-electron chi connectivity index (χ3n) is 5.59. The maximum atomic E-state index is 13.7. The molecule has 0 bridgehead atoms. The predicted molar refractivity (Wildman–Crippen MR) is 105 cm³/mol. The van der Waals surface area contributed by atoms with Crippen molar-refractivity contribution in [1.82, 2.24) is 4.98 Å². The number of thiazole rings is 1. The largest absolute Gasteiger partial charge is 0.317 e. The van der Waals surface area contributed by atoms with Crippen molar-refractivity contribution in [2.75, 3.05) is 24.7 Å². The average Bonchev–Trinajstić information content (AvgIpc) is 3.24. The fourth-order valence-corrected chi connectivity index (χ4v) is 5.32. The first-order valence-electron chi connectivity index (χ1n) is 9.45. The summed E-state index contributed by atoms with van der Waals surface area (Å²) in [6.07, 6.45) is 2.10. The Labute approximate surface area is 165 Å². The molecule has 2 aliphatic heterocycles. The van der Waals surface area contributed by atoms with Gasteiger partial charge in [0.15, 0.2) is 6.67 Å². The first-order valence-corrected chi connectivity index (χ1v) is 10.3. The number of carbonyl (C=O) groups is 2. The van der Waals surface area contributed by atoms with Crippen molar-refractivity contribution in [1.29, 1.82) is 0 Å². The van der Waals surface area contributed by atoms with Gasteiger partial charge >= 0.3 is 5.91 Å². The van der Waals surface area contributed by atoms with Crippen LogP contribution in [0.1, 0.15) is 34.1 Å². The number of aromatic nitrogens is 1. The minimum absolute atomic E-state index is 0.297. The summed E-state index contributed by atoms with van der Waals surface area (Å²) in [5, 5.41) is 1.13. The highest BCUT2D eigenvalue weighted by Crippen LogP contribution is 2.31. The van der Waals surface area contributed by atoms with Crippen molar-refractivity contribution in [2.24, 2.45) is 0 Å². The van der Waals surface area contributed by atoms with Gasteiger partial charge in [-0.05, 0) is 43.2 Å². The van der Waals surface area contributed by atoms with Crippen molar-refractivity contribution in [3.8, 4) is 0 Å². The lowest BCUT2D eigenvalue weighted by molar-refractivity contribution is -0.905. The Balaban J connectivity index is 1.37. The first kappa shape index (κ1) is 17.5. The number of ketones is 1. The molecule has 1 N–H and O–H groups in total. The molecule has 5 nitrogen and oxygen atoms in total. The van der Waals surface area contributed by atoms with Gasteiger partial charge < -0.3 is 4.90 Å². The molecule has 0 saturated carbocycles. The van der Waals surface area contributed by atoms with E-state index in [1.807, 2.05) is 18.2 Å². The van der Waals surface area contributed by atoms with Gasteiger partial charge in [0.2, 0.25) is 0 Å². The summed E-state index contributed by atoms with van der Waals surface area (Å²) >= 11 is 1.73. The predicted octanol–water partition coefficient (Wildman–Crippen LogP) is 2.38. The van der Waals surface area contributed by atoms with Crippen molar-refractivity contribution in [2.45, 2.75) is 18.8 Å². The van der Waals surface area contributed by atoms with Gasteiger partial charge in [-0.2, -0.15) is 0 Å². The van der Waals surface area contributed by atoms with Gasteiger partial charge in [-0.1, -0.05) is 12.1 Å². The van der Waals surface area contributed by atoms with Crippen molar-refractivity contribution in [3.05, 3.63) is 58.9 Å². The van der Waals surface area contributed by atoms with Crippen molar-refractivity contribution >= 4 is 38.9 Å². The van der Waals surface area contributed by atoms with Crippen LogP contribution in [-0.2, 0) is 4.79 Å². The highest BCUT2D eigenvalue weighted by atomic mass is 32.1. The van der Waals surface area contributed by atoms with E-state index in [-0.39, 0.29) is 0 Å². The topological polar surface area (TPSA) is 54.7 Å². The van der Waals surface area contributed by atoms with Crippen LogP contribution < -0.4 is 9.80 Å². The fraction of sp³-hybridized carbons (Fsp3) is 0.286. The van der Waals surface area contributed by atoms with Crippen LogP contribution in [0.3, 0.4) is 0 Å². The van der Waals surface area contributed by atoms with Crippen LogP contribution in [0.25, 0.3) is 10.2 Å². The van der Waals surface area contributed by atoms with Gasteiger partial charge in [0.05, 0.1) is 40.5 Å². The lowest BCUT2D eigenvalue weighted by Crippen LogP contribution is -3.15. The van der Waals surface area contributed by atoms with E-state index < -0.39 is 17.5 Å². The number of likely N-dealkylation sites (tertiary alicyclic amines) is 1. The van der Waals surface area contributed by atoms with E-state index in [1.54, 1.807) is 11.3 Å². The van der Waals surface area contributed by atoms with Gasteiger partial charge in [-0.3, -0.25) is 14.5 Å². The Morgan fingerprint density at radius 3 is 2.93 bits per heavy atom. The second kappa shape index (κ2) is 6.76. The van der Waals surface area contributed by atoms with E-state index in [0.717, 1.165) is 36.5 Å². The third-order valence-corrected chi connectivity index (χ3v) is 6.79. The number of piperidine rings is 1. The molecule has 2 aromatic carbocycles. The summed E-state index contributed by atoms with van der Waals surface area (Å²) in [6.45, 7) is 2.15. The SMILES string of the molecule is O=C1C(=O)N(C[NH+]2CCC[C@H](c3nc4ccccc4s3)C2)c2cc(F)ccc21. The molecular weight excluding hydrogens is 377 g/mol. The molecule has 5 rings (SSSR count). The zero-order valence-electron chi connectivity index (χ0n) is 15.2. The quantitative estimate of drug-likeness (QED) is 0.692. The summed E-state index contributed by atoms with van der Waals surface area (Å²) in [5.74, 6) is -1.21. The summed E-state index contributed by atoms with van der Waals surface area (Å²) in [7, 11) is 0. The maximum Gasteiger partial charge on any atom is 0.303 e. The number of Topliss-reactive ketones (excluding diaryl/α,β-unsaturated/α-hetero) is 1. The average molecular weight is 396 g/mol. The lowest BCUT2D eigenvalue weighted by atomic mass is 9.99. The smallest absolute Gasteiger partial charge is 0.303 e. The molecule has 2 atom stereocenters. The molecule has 28 heavy (non-hydrogen) atoms. The molecule has 1 fully saturated rings. The van der Waals surface area contributed by atoms with E-state index in [1.165, 1.54) is 32.7 Å². The molecule has 1 saturated heterocycles. The minimum atomic E-state index is -0.560. The number of carbonyl (C=O) groups excluding carboxylic acids is 2. The standard InChI is InChI=1S/C21H18FN3O2S/c22-14-7-8-15-17(10-14)25(21(27)19(15)26)12-24-9-3-4-13(11-24)20-23-16-5-1-2-6-18(16)28-20/h1-2,5-8,10,13H,3-4,9,11-12H2/p+1/t13-/m0/s1. The molecule has 7 heteroatoms. The summed E-state index contributed by atoms with van der Waals surface area (Å²) < 4.78 is 14.9. The zero-order chi connectivity index (χ0) is 19.3. The van der Waals surface area contributed by atoms with Crippen LogP contribution in [0, 0.1) is 5.82 Å². The van der Waals surface area contributed by atoms with Gasteiger partial charge in [-0.15, -0.1) is 11.3 Å². The number of quaternary nitrogens is 1. The second-order valence-corrected chi connectivity index (χ2v) is 8.51. The highest BCUT2D eigenvalue weighted by Gasteiger charge is 2.39. The number of hydrogen-bond acceptors (Lipinski definition) is 4.